The third-order valence-corrected chi connectivity index (χ3v) is 5.49. The molecule has 0 aliphatic carbocycles. The van der Waals surface area contributed by atoms with E-state index in [0.717, 1.165) is 11.1 Å². The van der Waals surface area contributed by atoms with Crippen LogP contribution < -0.4 is 15.0 Å². The van der Waals surface area contributed by atoms with Crippen molar-refractivity contribution in [2.45, 2.75) is 13.8 Å². The van der Waals surface area contributed by atoms with E-state index in [0.29, 0.717) is 27.7 Å². The van der Waals surface area contributed by atoms with E-state index in [2.05, 4.69) is 5.32 Å². The van der Waals surface area contributed by atoms with Crippen molar-refractivity contribution in [2.24, 2.45) is 0 Å². The maximum Gasteiger partial charge on any atom is 0.266 e. The van der Waals surface area contributed by atoms with E-state index in [1.165, 1.54) is 11.0 Å². The molecular formula is C24H19ClN2O4. The van der Waals surface area contributed by atoms with Gasteiger partial charge >= 0.3 is 0 Å². The van der Waals surface area contributed by atoms with E-state index in [1.54, 1.807) is 42.5 Å². The van der Waals surface area contributed by atoms with Gasteiger partial charge in [-0.2, -0.15) is 0 Å². The Morgan fingerprint density at radius 2 is 1.71 bits per heavy atom. The molecule has 0 atom stereocenters. The first-order valence-electron chi connectivity index (χ1n) is 9.63. The maximum absolute atomic E-state index is 13.0. The fraction of sp³-hybridized carbons (Fsp3) is 0.125. The lowest BCUT2D eigenvalue weighted by atomic mass is 10.1. The molecule has 0 fully saturated rings. The molecule has 0 aromatic heterocycles. The van der Waals surface area contributed by atoms with Crippen molar-refractivity contribution >= 4 is 40.7 Å². The minimum atomic E-state index is -0.419. The normalized spacial score (nSPS) is 12.7. The fourth-order valence-electron chi connectivity index (χ4n) is 3.42. The second-order valence-corrected chi connectivity index (χ2v) is 7.60. The summed E-state index contributed by atoms with van der Waals surface area (Å²) in [6, 6.07) is 17.0. The molecule has 0 unspecified atom stereocenters. The van der Waals surface area contributed by atoms with Crippen LogP contribution in [0.4, 0.5) is 11.4 Å². The number of carbonyl (C=O) groups excluding carboxylic acids is 3. The molecule has 1 aliphatic heterocycles. The number of benzene rings is 3. The van der Waals surface area contributed by atoms with E-state index in [1.807, 2.05) is 26.0 Å². The number of aryl methyl sites for hydroxylation is 1. The van der Waals surface area contributed by atoms with Crippen LogP contribution in [0.3, 0.4) is 0 Å². The van der Waals surface area contributed by atoms with Gasteiger partial charge in [0, 0.05) is 5.69 Å². The molecule has 3 aromatic rings. The van der Waals surface area contributed by atoms with Crippen molar-refractivity contribution in [3.8, 4) is 5.75 Å². The highest BCUT2D eigenvalue weighted by molar-refractivity contribution is 6.35. The van der Waals surface area contributed by atoms with Gasteiger partial charge in [-0.15, -0.1) is 0 Å². The average Bonchev–Trinajstić information content (AvgIpc) is 2.99. The Morgan fingerprint density at radius 3 is 2.48 bits per heavy atom. The molecule has 3 amide bonds. The van der Waals surface area contributed by atoms with Crippen molar-refractivity contribution in [3.63, 3.8) is 0 Å². The van der Waals surface area contributed by atoms with Gasteiger partial charge in [-0.25, -0.2) is 4.90 Å². The summed E-state index contributed by atoms with van der Waals surface area (Å²) in [6.07, 6.45) is 0. The number of para-hydroxylation sites is 1. The van der Waals surface area contributed by atoms with Crippen molar-refractivity contribution in [1.29, 1.82) is 0 Å². The first kappa shape index (κ1) is 20.6. The molecule has 156 valence electrons. The molecule has 0 spiro atoms. The second-order valence-electron chi connectivity index (χ2n) is 7.19. The van der Waals surface area contributed by atoms with Crippen molar-refractivity contribution in [1.82, 2.24) is 0 Å². The van der Waals surface area contributed by atoms with Gasteiger partial charge in [0.2, 0.25) is 0 Å². The minimum Gasteiger partial charge on any atom is -0.482 e. The highest BCUT2D eigenvalue weighted by atomic mass is 35.5. The summed E-state index contributed by atoms with van der Waals surface area (Å²) >= 11 is 6.02. The second kappa shape index (κ2) is 8.24. The topological polar surface area (TPSA) is 75.7 Å². The zero-order chi connectivity index (χ0) is 22.1. The fourth-order valence-corrected chi connectivity index (χ4v) is 3.61. The first-order valence-corrected chi connectivity index (χ1v) is 10.0. The van der Waals surface area contributed by atoms with Crippen molar-refractivity contribution < 1.29 is 19.1 Å². The number of halogens is 1. The highest BCUT2D eigenvalue weighted by Gasteiger charge is 2.37. The Labute approximate surface area is 184 Å². The van der Waals surface area contributed by atoms with E-state index in [-0.39, 0.29) is 18.1 Å². The Morgan fingerprint density at radius 1 is 0.968 bits per heavy atom. The summed E-state index contributed by atoms with van der Waals surface area (Å²) < 4.78 is 5.43. The molecule has 1 heterocycles. The first-order chi connectivity index (χ1) is 14.9. The number of hydrogen-bond acceptors (Lipinski definition) is 4. The molecular weight excluding hydrogens is 416 g/mol. The van der Waals surface area contributed by atoms with Gasteiger partial charge in [0.1, 0.15) is 5.75 Å². The number of anilines is 2. The molecule has 0 saturated carbocycles. The number of carbonyl (C=O) groups is 3. The Balaban J connectivity index is 1.51. The summed E-state index contributed by atoms with van der Waals surface area (Å²) in [7, 11) is 0. The minimum absolute atomic E-state index is 0.246. The van der Waals surface area contributed by atoms with Crippen LogP contribution in [0.1, 0.15) is 31.8 Å². The van der Waals surface area contributed by atoms with Crippen LogP contribution in [-0.2, 0) is 4.79 Å². The van der Waals surface area contributed by atoms with E-state index in [9.17, 15) is 14.4 Å². The SMILES string of the molecule is Cc1cccc(N2C(=O)c3ccc(NC(=O)COc4ccccc4Cl)cc3C2=O)c1C. The van der Waals surface area contributed by atoms with Crippen LogP contribution in [0.15, 0.2) is 60.7 Å². The average molecular weight is 435 g/mol. The van der Waals surface area contributed by atoms with Crippen LogP contribution >= 0.6 is 11.6 Å². The molecule has 3 aromatic carbocycles. The summed E-state index contributed by atoms with van der Waals surface area (Å²) in [5.74, 6) is -0.813. The quantitative estimate of drug-likeness (QED) is 0.586. The van der Waals surface area contributed by atoms with E-state index in [4.69, 9.17) is 16.3 Å². The van der Waals surface area contributed by atoms with Crippen molar-refractivity contribution in [2.75, 3.05) is 16.8 Å². The zero-order valence-corrected chi connectivity index (χ0v) is 17.7. The Hall–Kier alpha value is -3.64. The van der Waals surface area contributed by atoms with Gasteiger partial charge in [0.25, 0.3) is 17.7 Å². The zero-order valence-electron chi connectivity index (χ0n) is 16.9. The van der Waals surface area contributed by atoms with Gasteiger partial charge < -0.3 is 10.1 Å². The van der Waals surface area contributed by atoms with E-state index < -0.39 is 11.8 Å². The molecule has 31 heavy (non-hydrogen) atoms. The van der Waals surface area contributed by atoms with Crippen LogP contribution in [0, 0.1) is 13.8 Å². The predicted molar refractivity (Wildman–Crippen MR) is 119 cm³/mol. The standard InChI is InChI=1S/C24H19ClN2O4/c1-14-6-5-8-20(15(14)2)27-23(29)17-11-10-16(12-18(17)24(27)30)26-22(28)13-31-21-9-4-3-7-19(21)25/h3-12H,13H2,1-2H3,(H,26,28). The molecule has 0 saturated heterocycles. The summed E-state index contributed by atoms with van der Waals surface area (Å²) in [4.78, 5) is 39.3. The lowest BCUT2D eigenvalue weighted by Gasteiger charge is -2.17. The van der Waals surface area contributed by atoms with E-state index >= 15 is 0 Å². The summed E-state index contributed by atoms with van der Waals surface area (Å²) in [6.45, 7) is 3.55. The van der Waals surface area contributed by atoms with Crippen LogP contribution in [-0.4, -0.2) is 24.3 Å². The summed E-state index contributed by atoms with van der Waals surface area (Å²) in [5, 5.41) is 3.09. The van der Waals surface area contributed by atoms with Gasteiger partial charge in [0.05, 0.1) is 21.8 Å². The molecule has 4 rings (SSSR count). The number of hydrogen-bond donors (Lipinski definition) is 1. The number of ether oxygens (including phenoxy) is 1. The maximum atomic E-state index is 13.0. The van der Waals surface area contributed by atoms with Gasteiger partial charge in [-0.1, -0.05) is 35.9 Å². The molecule has 6 nitrogen and oxygen atoms in total. The van der Waals surface area contributed by atoms with Crippen LogP contribution in [0.25, 0.3) is 0 Å². The monoisotopic (exact) mass is 434 g/mol. The molecule has 1 aliphatic rings. The highest BCUT2D eigenvalue weighted by Crippen LogP contribution is 2.33. The molecule has 7 heteroatoms. The lowest BCUT2D eigenvalue weighted by Crippen LogP contribution is -2.30. The van der Waals surface area contributed by atoms with Crippen LogP contribution in [0.5, 0.6) is 5.75 Å². The lowest BCUT2D eigenvalue weighted by molar-refractivity contribution is -0.118. The number of nitrogens with zero attached hydrogens (tertiary/aromatic N) is 1. The number of imide groups is 1. The third kappa shape index (κ3) is 3.90. The largest absolute Gasteiger partial charge is 0.482 e. The van der Waals surface area contributed by atoms with Gasteiger partial charge in [-0.05, 0) is 61.4 Å². The number of rotatable bonds is 5. The number of nitrogens with one attached hydrogen (secondary N) is 1. The van der Waals surface area contributed by atoms with Crippen LogP contribution in [0.2, 0.25) is 5.02 Å². The van der Waals surface area contributed by atoms with Gasteiger partial charge in [0.15, 0.2) is 6.61 Å². The summed E-state index contributed by atoms with van der Waals surface area (Å²) in [5.41, 5.74) is 3.36. The Kier molecular flexibility index (Phi) is 5.48. The molecule has 1 N–H and O–H groups in total. The predicted octanol–water partition coefficient (Wildman–Crippen LogP) is 4.77. The smallest absolute Gasteiger partial charge is 0.266 e. The molecule has 0 bridgehead atoms. The number of amides is 3. The van der Waals surface area contributed by atoms with Crippen molar-refractivity contribution in [3.05, 3.63) is 87.9 Å². The van der Waals surface area contributed by atoms with Gasteiger partial charge in [-0.3, -0.25) is 14.4 Å². The molecule has 0 radical (unpaired) electrons. The Bertz CT molecular complexity index is 1220. The third-order valence-electron chi connectivity index (χ3n) is 5.18. The number of fused-ring (bicyclic) bond motifs is 1.